The first-order valence-corrected chi connectivity index (χ1v) is 8.08. The van der Waals surface area contributed by atoms with Crippen LogP contribution in [0, 0.1) is 6.92 Å². The number of rotatable bonds is 4. The Morgan fingerprint density at radius 1 is 1.30 bits per heavy atom. The number of hydrogen-bond acceptors (Lipinski definition) is 7. The number of amides is 1. The smallest absolute Gasteiger partial charge is 0.407 e. The molecule has 2 aromatic rings. The maximum absolute atomic E-state index is 10.9. The second-order valence-electron chi connectivity index (χ2n) is 5.14. The van der Waals surface area contributed by atoms with E-state index in [9.17, 15) is 4.79 Å². The van der Waals surface area contributed by atoms with Gasteiger partial charge < -0.3 is 19.6 Å². The van der Waals surface area contributed by atoms with Gasteiger partial charge in [-0.05, 0) is 6.92 Å². The fourth-order valence-corrected chi connectivity index (χ4v) is 2.97. The van der Waals surface area contributed by atoms with Crippen molar-refractivity contribution in [1.82, 2.24) is 19.9 Å². The van der Waals surface area contributed by atoms with Crippen molar-refractivity contribution in [2.45, 2.75) is 13.5 Å². The molecule has 0 radical (unpaired) electrons. The number of carbonyl (C=O) groups is 1. The monoisotopic (exact) mass is 335 g/mol. The summed E-state index contributed by atoms with van der Waals surface area (Å²) < 4.78 is 5.64. The lowest BCUT2D eigenvalue weighted by molar-refractivity contribution is 0.142. The van der Waals surface area contributed by atoms with E-state index in [0.717, 1.165) is 10.7 Å². The zero-order chi connectivity index (χ0) is 16.2. The Morgan fingerprint density at radius 2 is 2.09 bits per heavy atom. The molecule has 3 rings (SSSR count). The van der Waals surface area contributed by atoms with Gasteiger partial charge in [-0.2, -0.15) is 4.98 Å². The Kier molecular flexibility index (Phi) is 4.56. The highest BCUT2D eigenvalue weighted by atomic mass is 32.1. The maximum atomic E-state index is 10.9. The van der Waals surface area contributed by atoms with E-state index in [0.29, 0.717) is 44.5 Å². The molecule has 122 valence electrons. The van der Waals surface area contributed by atoms with Crippen LogP contribution in [0.1, 0.15) is 10.7 Å². The summed E-state index contributed by atoms with van der Waals surface area (Å²) in [5.41, 5.74) is 0.977. The fraction of sp³-hybridized carbons (Fsp3) is 0.429. The van der Waals surface area contributed by atoms with Crippen LogP contribution >= 0.6 is 11.3 Å². The molecule has 0 unspecified atom stereocenters. The molecular formula is C14H17N5O3S. The highest BCUT2D eigenvalue weighted by molar-refractivity contribution is 7.09. The first kappa shape index (κ1) is 15.5. The van der Waals surface area contributed by atoms with E-state index < -0.39 is 6.09 Å². The molecule has 0 aliphatic carbocycles. The first-order valence-electron chi connectivity index (χ1n) is 7.20. The average molecular weight is 335 g/mol. The molecule has 1 fully saturated rings. The Bertz CT molecular complexity index is 685. The Balaban J connectivity index is 1.60. The normalized spacial score (nSPS) is 14.8. The zero-order valence-corrected chi connectivity index (χ0v) is 13.5. The number of piperazine rings is 1. The molecule has 0 bridgehead atoms. The summed E-state index contributed by atoms with van der Waals surface area (Å²) in [5.74, 6) is 1.14. The summed E-state index contributed by atoms with van der Waals surface area (Å²) in [6.07, 6.45) is 2.35. The topological polar surface area (TPSA) is 91.7 Å². The van der Waals surface area contributed by atoms with Crippen molar-refractivity contribution in [2.24, 2.45) is 0 Å². The van der Waals surface area contributed by atoms with Gasteiger partial charge in [-0.1, -0.05) is 0 Å². The van der Waals surface area contributed by atoms with Gasteiger partial charge in [-0.3, -0.25) is 4.98 Å². The van der Waals surface area contributed by atoms with Gasteiger partial charge in [0.25, 0.3) is 0 Å². The Morgan fingerprint density at radius 3 is 2.74 bits per heavy atom. The van der Waals surface area contributed by atoms with E-state index in [2.05, 4.69) is 15.0 Å². The number of carboxylic acid groups (broad SMARTS) is 1. The van der Waals surface area contributed by atoms with Crippen LogP contribution in [0.4, 0.5) is 10.6 Å². The number of nitrogens with zero attached hydrogens (tertiary/aromatic N) is 5. The molecule has 1 amide bonds. The summed E-state index contributed by atoms with van der Waals surface area (Å²) in [5, 5.41) is 11.8. The third kappa shape index (κ3) is 3.86. The summed E-state index contributed by atoms with van der Waals surface area (Å²) in [6, 6.07) is 0. The van der Waals surface area contributed by atoms with E-state index in [1.165, 1.54) is 4.90 Å². The van der Waals surface area contributed by atoms with E-state index >= 15 is 0 Å². The molecule has 1 saturated heterocycles. The lowest BCUT2D eigenvalue weighted by Crippen LogP contribution is -2.48. The third-order valence-corrected chi connectivity index (χ3v) is 4.42. The largest absolute Gasteiger partial charge is 0.469 e. The van der Waals surface area contributed by atoms with Crippen LogP contribution in [0.15, 0.2) is 17.8 Å². The zero-order valence-electron chi connectivity index (χ0n) is 12.7. The first-order chi connectivity index (χ1) is 11.1. The average Bonchev–Trinajstić information content (AvgIpc) is 2.99. The minimum absolute atomic E-state index is 0.365. The third-order valence-electron chi connectivity index (χ3n) is 3.48. The summed E-state index contributed by atoms with van der Waals surface area (Å²) in [6.45, 7) is 4.41. The molecular weight excluding hydrogens is 318 g/mol. The van der Waals surface area contributed by atoms with Gasteiger partial charge in [0, 0.05) is 37.3 Å². The number of aryl methyl sites for hydroxylation is 1. The SMILES string of the molecule is Cc1csc(COc2cncc(N3CCN(C(=O)O)CC3)n2)n1. The van der Waals surface area contributed by atoms with E-state index in [-0.39, 0.29) is 0 Å². The maximum Gasteiger partial charge on any atom is 0.407 e. The molecule has 9 heteroatoms. The van der Waals surface area contributed by atoms with Gasteiger partial charge >= 0.3 is 6.09 Å². The van der Waals surface area contributed by atoms with Crippen molar-refractivity contribution in [1.29, 1.82) is 0 Å². The predicted octanol–water partition coefficient (Wildman–Crippen LogP) is 1.62. The Hall–Kier alpha value is -2.42. The molecule has 0 saturated carbocycles. The summed E-state index contributed by atoms with van der Waals surface area (Å²) >= 11 is 1.55. The molecule has 2 aromatic heterocycles. The van der Waals surface area contributed by atoms with Crippen molar-refractivity contribution < 1.29 is 14.6 Å². The van der Waals surface area contributed by atoms with Gasteiger partial charge in [0.15, 0.2) is 5.82 Å². The fourth-order valence-electron chi connectivity index (χ4n) is 2.29. The molecule has 0 spiro atoms. The van der Waals surface area contributed by atoms with Crippen molar-refractivity contribution >= 4 is 23.2 Å². The molecule has 1 N–H and O–H groups in total. The minimum atomic E-state index is -0.883. The molecule has 3 heterocycles. The highest BCUT2D eigenvalue weighted by Gasteiger charge is 2.21. The second kappa shape index (κ2) is 6.78. The standard InChI is InChI=1S/C14H17N5O3S/c1-10-9-23-13(16-10)8-22-12-7-15-6-11(17-12)18-2-4-19(5-3-18)14(20)21/h6-7,9H,2-5,8H2,1H3,(H,20,21). The second-order valence-corrected chi connectivity index (χ2v) is 6.09. The summed E-state index contributed by atoms with van der Waals surface area (Å²) in [7, 11) is 0. The van der Waals surface area contributed by atoms with Gasteiger partial charge in [0.05, 0.1) is 12.4 Å². The van der Waals surface area contributed by atoms with E-state index in [4.69, 9.17) is 9.84 Å². The lowest BCUT2D eigenvalue weighted by atomic mass is 10.3. The Labute approximate surface area is 137 Å². The predicted molar refractivity (Wildman–Crippen MR) is 85.0 cm³/mol. The number of thiazole rings is 1. The van der Waals surface area contributed by atoms with Crippen molar-refractivity contribution in [3.63, 3.8) is 0 Å². The van der Waals surface area contributed by atoms with Crippen LogP contribution in [0.3, 0.4) is 0 Å². The minimum Gasteiger partial charge on any atom is -0.469 e. The quantitative estimate of drug-likeness (QED) is 0.907. The molecule has 8 nitrogen and oxygen atoms in total. The number of hydrogen-bond donors (Lipinski definition) is 1. The van der Waals surface area contributed by atoms with E-state index in [1.807, 2.05) is 17.2 Å². The van der Waals surface area contributed by atoms with Gasteiger partial charge in [-0.15, -0.1) is 11.3 Å². The van der Waals surface area contributed by atoms with Crippen LogP contribution in [-0.2, 0) is 6.61 Å². The molecule has 0 aromatic carbocycles. The van der Waals surface area contributed by atoms with Gasteiger partial charge in [-0.25, -0.2) is 9.78 Å². The van der Waals surface area contributed by atoms with Crippen molar-refractivity contribution in [3.05, 3.63) is 28.5 Å². The molecule has 0 atom stereocenters. The van der Waals surface area contributed by atoms with Gasteiger partial charge in [0.1, 0.15) is 11.6 Å². The number of aromatic nitrogens is 3. The van der Waals surface area contributed by atoms with Crippen LogP contribution < -0.4 is 9.64 Å². The van der Waals surface area contributed by atoms with Crippen molar-refractivity contribution in [2.75, 3.05) is 31.1 Å². The highest BCUT2D eigenvalue weighted by Crippen LogP contribution is 2.18. The molecule has 1 aliphatic rings. The van der Waals surface area contributed by atoms with Crippen molar-refractivity contribution in [3.8, 4) is 5.88 Å². The van der Waals surface area contributed by atoms with Gasteiger partial charge in [0.2, 0.25) is 5.88 Å². The van der Waals surface area contributed by atoms with Crippen LogP contribution in [0.5, 0.6) is 5.88 Å². The van der Waals surface area contributed by atoms with E-state index in [1.54, 1.807) is 23.7 Å². The molecule has 1 aliphatic heterocycles. The van der Waals surface area contributed by atoms with Crippen LogP contribution in [0.25, 0.3) is 0 Å². The molecule has 23 heavy (non-hydrogen) atoms. The van der Waals surface area contributed by atoms with Crippen LogP contribution in [-0.4, -0.2) is 57.2 Å². The lowest BCUT2D eigenvalue weighted by Gasteiger charge is -2.33. The summed E-state index contributed by atoms with van der Waals surface area (Å²) in [4.78, 5) is 27.3. The van der Waals surface area contributed by atoms with Crippen LogP contribution in [0.2, 0.25) is 0 Å². The number of ether oxygens (including phenoxy) is 1. The number of anilines is 1.